The highest BCUT2D eigenvalue weighted by Gasteiger charge is 2.19. The number of nitrogens with one attached hydrogen (secondary N) is 1. The van der Waals surface area contributed by atoms with Crippen LogP contribution in [0.1, 0.15) is 10.5 Å². The van der Waals surface area contributed by atoms with Gasteiger partial charge in [-0.2, -0.15) is 0 Å². The molecular weight excluding hydrogens is 306 g/mol. The number of rotatable bonds is 4. The molecule has 0 bridgehead atoms. The van der Waals surface area contributed by atoms with Crippen LogP contribution in [-0.4, -0.2) is 39.7 Å². The molecule has 0 aliphatic rings. The van der Waals surface area contributed by atoms with Crippen molar-refractivity contribution in [3.05, 3.63) is 27.0 Å². The molecule has 18 heavy (non-hydrogen) atoms. The van der Waals surface area contributed by atoms with Crippen molar-refractivity contribution >= 4 is 46.7 Å². The van der Waals surface area contributed by atoms with Crippen molar-refractivity contribution in [2.45, 2.75) is 6.10 Å². The van der Waals surface area contributed by atoms with Crippen LogP contribution in [0, 0.1) is 0 Å². The number of nitrogens with zero attached hydrogens (tertiary/aromatic N) is 1. The molecule has 98 valence electrons. The number of aliphatic carboxylic acids is 1. The van der Waals surface area contributed by atoms with Gasteiger partial charge in [-0.25, -0.2) is 9.78 Å². The SMILES string of the molecule is O=C(NC[C@H](O)C(=O)O)c1ncc(Cl)c(Cl)c1Cl. The first-order valence-corrected chi connectivity index (χ1v) is 5.66. The van der Waals surface area contributed by atoms with E-state index in [0.29, 0.717) is 0 Å². The van der Waals surface area contributed by atoms with Gasteiger partial charge in [-0.15, -0.1) is 0 Å². The summed E-state index contributed by atoms with van der Waals surface area (Å²) < 4.78 is 0. The summed E-state index contributed by atoms with van der Waals surface area (Å²) in [6.45, 7) is -0.480. The van der Waals surface area contributed by atoms with E-state index >= 15 is 0 Å². The molecule has 0 radical (unpaired) electrons. The Morgan fingerprint density at radius 1 is 1.33 bits per heavy atom. The number of hydrogen-bond acceptors (Lipinski definition) is 4. The van der Waals surface area contributed by atoms with Crippen molar-refractivity contribution < 1.29 is 19.8 Å². The lowest BCUT2D eigenvalue weighted by Gasteiger charge is -2.09. The first kappa shape index (κ1) is 15.0. The van der Waals surface area contributed by atoms with E-state index < -0.39 is 24.5 Å². The lowest BCUT2D eigenvalue weighted by atomic mass is 10.3. The molecule has 1 rings (SSSR count). The van der Waals surface area contributed by atoms with E-state index in [9.17, 15) is 9.59 Å². The van der Waals surface area contributed by atoms with Gasteiger partial charge in [0, 0.05) is 6.20 Å². The number of aliphatic hydroxyl groups is 1. The number of pyridine rings is 1. The minimum Gasteiger partial charge on any atom is -0.479 e. The number of carboxylic acids is 1. The average molecular weight is 314 g/mol. The van der Waals surface area contributed by atoms with Crippen molar-refractivity contribution in [3.63, 3.8) is 0 Å². The molecular formula is C9H7Cl3N2O4. The van der Waals surface area contributed by atoms with Crippen LogP contribution in [0.15, 0.2) is 6.20 Å². The average Bonchev–Trinajstić information content (AvgIpc) is 2.32. The monoisotopic (exact) mass is 312 g/mol. The van der Waals surface area contributed by atoms with E-state index in [0.717, 1.165) is 6.20 Å². The van der Waals surface area contributed by atoms with Gasteiger partial charge in [0.25, 0.3) is 5.91 Å². The van der Waals surface area contributed by atoms with Gasteiger partial charge >= 0.3 is 5.97 Å². The number of halogens is 3. The van der Waals surface area contributed by atoms with Crippen molar-refractivity contribution in [2.24, 2.45) is 0 Å². The summed E-state index contributed by atoms with van der Waals surface area (Å²) in [4.78, 5) is 25.6. The summed E-state index contributed by atoms with van der Waals surface area (Å²) in [6, 6.07) is 0. The fourth-order valence-corrected chi connectivity index (χ4v) is 1.53. The second-order valence-electron chi connectivity index (χ2n) is 3.15. The molecule has 0 unspecified atom stereocenters. The van der Waals surface area contributed by atoms with Crippen LogP contribution in [0.4, 0.5) is 0 Å². The van der Waals surface area contributed by atoms with E-state index in [1.165, 1.54) is 0 Å². The topological polar surface area (TPSA) is 99.5 Å². The van der Waals surface area contributed by atoms with E-state index in [2.05, 4.69) is 10.3 Å². The fourth-order valence-electron chi connectivity index (χ4n) is 0.962. The standard InChI is InChI=1S/C9H7Cl3N2O4/c10-3-1-13-7(6(12)5(3)11)8(16)14-2-4(15)9(17)18/h1,4,15H,2H2,(H,14,16)(H,17,18)/t4-/m0/s1. The number of carbonyl (C=O) groups excluding carboxylic acids is 1. The van der Waals surface area contributed by atoms with Crippen LogP contribution in [0.2, 0.25) is 15.1 Å². The van der Waals surface area contributed by atoms with E-state index in [-0.39, 0.29) is 20.8 Å². The van der Waals surface area contributed by atoms with Gasteiger partial charge in [0.05, 0.1) is 21.6 Å². The van der Waals surface area contributed by atoms with Crippen LogP contribution in [0.5, 0.6) is 0 Å². The zero-order valence-electron chi connectivity index (χ0n) is 8.65. The molecule has 0 spiro atoms. The van der Waals surface area contributed by atoms with Gasteiger partial charge in [-0.3, -0.25) is 4.79 Å². The number of amides is 1. The first-order chi connectivity index (χ1) is 8.34. The van der Waals surface area contributed by atoms with Gasteiger partial charge in [0.2, 0.25) is 0 Å². The fraction of sp³-hybridized carbons (Fsp3) is 0.222. The lowest BCUT2D eigenvalue weighted by molar-refractivity contribution is -0.146. The van der Waals surface area contributed by atoms with Gasteiger partial charge in [-0.1, -0.05) is 34.8 Å². The second-order valence-corrected chi connectivity index (χ2v) is 4.31. The van der Waals surface area contributed by atoms with Crippen LogP contribution in [0.25, 0.3) is 0 Å². The third kappa shape index (κ3) is 3.46. The summed E-state index contributed by atoms with van der Waals surface area (Å²) in [7, 11) is 0. The number of aromatic nitrogens is 1. The maximum absolute atomic E-state index is 11.6. The van der Waals surface area contributed by atoms with Crippen molar-refractivity contribution in [1.29, 1.82) is 0 Å². The Bertz CT molecular complexity index is 495. The molecule has 0 aromatic carbocycles. The molecule has 1 atom stereocenters. The quantitative estimate of drug-likeness (QED) is 0.776. The molecule has 1 amide bonds. The highest BCUT2D eigenvalue weighted by atomic mass is 35.5. The molecule has 0 aliphatic carbocycles. The molecule has 9 heteroatoms. The molecule has 1 aromatic rings. The summed E-state index contributed by atoms with van der Waals surface area (Å²) in [5, 5.41) is 19.5. The van der Waals surface area contributed by atoms with Crippen LogP contribution < -0.4 is 5.32 Å². The third-order valence-corrected chi connectivity index (χ3v) is 3.11. The summed E-state index contributed by atoms with van der Waals surface area (Å²) in [6.07, 6.45) is -0.575. The molecule has 3 N–H and O–H groups in total. The highest BCUT2D eigenvalue weighted by Crippen LogP contribution is 2.30. The Morgan fingerprint density at radius 2 is 1.94 bits per heavy atom. The van der Waals surface area contributed by atoms with Crippen molar-refractivity contribution in [1.82, 2.24) is 10.3 Å². The second kappa shape index (κ2) is 6.19. The maximum atomic E-state index is 11.6. The van der Waals surface area contributed by atoms with Crippen LogP contribution in [0.3, 0.4) is 0 Å². The summed E-state index contributed by atoms with van der Waals surface area (Å²) >= 11 is 17.1. The van der Waals surface area contributed by atoms with Crippen molar-refractivity contribution in [2.75, 3.05) is 6.54 Å². The van der Waals surface area contributed by atoms with E-state index in [4.69, 9.17) is 45.0 Å². The Hall–Kier alpha value is -1.08. The van der Waals surface area contributed by atoms with Gasteiger partial charge < -0.3 is 15.5 Å². The molecule has 1 aromatic heterocycles. The van der Waals surface area contributed by atoms with Crippen LogP contribution >= 0.6 is 34.8 Å². The zero-order chi connectivity index (χ0) is 13.9. The normalized spacial score (nSPS) is 12.0. The molecule has 1 heterocycles. The molecule has 0 saturated heterocycles. The third-order valence-electron chi connectivity index (χ3n) is 1.87. The highest BCUT2D eigenvalue weighted by molar-refractivity contribution is 6.48. The smallest absolute Gasteiger partial charge is 0.334 e. The molecule has 6 nitrogen and oxygen atoms in total. The van der Waals surface area contributed by atoms with Gasteiger partial charge in [-0.05, 0) is 0 Å². The minimum atomic E-state index is -1.71. The van der Waals surface area contributed by atoms with E-state index in [1.54, 1.807) is 0 Å². The number of carboxylic acid groups (broad SMARTS) is 1. The number of hydrogen-bond donors (Lipinski definition) is 3. The van der Waals surface area contributed by atoms with E-state index in [1.807, 2.05) is 0 Å². The van der Waals surface area contributed by atoms with Crippen LogP contribution in [-0.2, 0) is 4.79 Å². The Kier molecular flexibility index (Phi) is 5.15. The van der Waals surface area contributed by atoms with Gasteiger partial charge in [0.1, 0.15) is 5.69 Å². The largest absolute Gasteiger partial charge is 0.479 e. The summed E-state index contributed by atoms with van der Waals surface area (Å²) in [5.41, 5.74) is -0.205. The predicted molar refractivity (Wildman–Crippen MR) is 65.2 cm³/mol. The Morgan fingerprint density at radius 3 is 2.50 bits per heavy atom. The Balaban J connectivity index is 2.80. The Labute approximate surface area is 116 Å². The number of carbonyl (C=O) groups is 2. The predicted octanol–water partition coefficient (Wildman–Crippen LogP) is 1.22. The maximum Gasteiger partial charge on any atom is 0.334 e. The lowest BCUT2D eigenvalue weighted by Crippen LogP contribution is -2.36. The molecule has 0 fully saturated rings. The number of aliphatic hydroxyl groups excluding tert-OH is 1. The minimum absolute atomic E-state index is 0.0303. The zero-order valence-corrected chi connectivity index (χ0v) is 10.9. The molecule has 0 saturated carbocycles. The van der Waals surface area contributed by atoms with Gasteiger partial charge in [0.15, 0.2) is 6.10 Å². The molecule has 0 aliphatic heterocycles. The first-order valence-electron chi connectivity index (χ1n) is 4.53. The summed E-state index contributed by atoms with van der Waals surface area (Å²) in [5.74, 6) is -2.22. The van der Waals surface area contributed by atoms with Crippen molar-refractivity contribution in [3.8, 4) is 0 Å².